The van der Waals surface area contributed by atoms with Crippen LogP contribution in [0.5, 0.6) is 5.75 Å². The molecule has 5 atom stereocenters. The van der Waals surface area contributed by atoms with Crippen molar-refractivity contribution in [2.24, 2.45) is 5.73 Å². The summed E-state index contributed by atoms with van der Waals surface area (Å²) in [6, 6.07) is 4.31. The summed E-state index contributed by atoms with van der Waals surface area (Å²) >= 11 is 0. The number of rotatable bonds is 10. The minimum absolute atomic E-state index is 0.0121. The lowest BCUT2D eigenvalue weighted by Gasteiger charge is -2.43. The zero-order valence-corrected chi connectivity index (χ0v) is 20.8. The number of anilines is 1. The van der Waals surface area contributed by atoms with Gasteiger partial charge in [-0.2, -0.15) is 0 Å². The van der Waals surface area contributed by atoms with Crippen LogP contribution in [-0.4, -0.2) is 79.3 Å². The number of ether oxygens (including phenoxy) is 6. The molecule has 0 aromatic heterocycles. The maximum absolute atomic E-state index is 12.5. The van der Waals surface area contributed by atoms with Gasteiger partial charge < -0.3 is 44.6 Å². The molecule has 0 spiro atoms. The number of aliphatic hydroxyl groups is 1. The number of esters is 4. The Balaban J connectivity index is 2.56. The van der Waals surface area contributed by atoms with E-state index in [1.165, 1.54) is 18.2 Å². The predicted molar refractivity (Wildman–Crippen MR) is 123 cm³/mol. The number of carbonyl (C=O) groups is 5. The SMILES string of the molecule is COC(=O)[C@H]1O[C@@H](Oc2ccc(CO)cc2NC(=O)CCN)[C@H](OC(C)=O)[C@@H](OC(C)=O)[C@@H]1OC(C)=O. The van der Waals surface area contributed by atoms with Crippen molar-refractivity contribution < 1.29 is 57.5 Å². The van der Waals surface area contributed by atoms with Crippen LogP contribution in [0, 0.1) is 0 Å². The van der Waals surface area contributed by atoms with E-state index < -0.39 is 60.5 Å². The van der Waals surface area contributed by atoms with Gasteiger partial charge in [-0.1, -0.05) is 6.07 Å². The molecule has 1 aliphatic rings. The minimum Gasteiger partial charge on any atom is -0.467 e. The number of hydrogen-bond donors (Lipinski definition) is 3. The standard InChI is InChI=1S/C23H30N2O12/c1-11(27)33-18-19(34-12(2)28)21(35-13(3)29)23(37-20(18)22(31)32-4)36-16-6-5-14(10-26)9-15(16)25-17(30)7-8-24/h5-6,9,18-21,23,26H,7-8,10,24H2,1-4H3,(H,25,30)/t18-,19-,20-,21+,23+/m0/s1. The number of carbonyl (C=O) groups excluding carboxylic acids is 5. The zero-order chi connectivity index (χ0) is 27.7. The van der Waals surface area contributed by atoms with E-state index in [2.05, 4.69) is 5.32 Å². The highest BCUT2D eigenvalue weighted by Crippen LogP contribution is 2.34. The topological polar surface area (TPSA) is 199 Å². The Kier molecular flexibility index (Phi) is 10.8. The van der Waals surface area contributed by atoms with Gasteiger partial charge in [0.1, 0.15) is 5.75 Å². The Labute approximate surface area is 212 Å². The van der Waals surface area contributed by atoms with Crippen LogP contribution in [0.1, 0.15) is 32.8 Å². The fraction of sp³-hybridized carbons (Fsp3) is 0.522. The third-order valence-corrected chi connectivity index (χ3v) is 4.95. The van der Waals surface area contributed by atoms with E-state index in [1.54, 1.807) is 0 Å². The van der Waals surface area contributed by atoms with Crippen molar-refractivity contribution in [1.82, 2.24) is 0 Å². The van der Waals surface area contributed by atoms with E-state index in [1.807, 2.05) is 0 Å². The molecule has 0 radical (unpaired) electrons. The molecule has 2 rings (SSSR count). The average molecular weight is 526 g/mol. The molecule has 1 aliphatic heterocycles. The van der Waals surface area contributed by atoms with E-state index >= 15 is 0 Å². The van der Waals surface area contributed by atoms with Crippen molar-refractivity contribution in [2.45, 2.75) is 64.5 Å². The van der Waals surface area contributed by atoms with Crippen molar-refractivity contribution in [3.63, 3.8) is 0 Å². The first-order valence-electron chi connectivity index (χ1n) is 11.2. The van der Waals surface area contributed by atoms with E-state index in [0.29, 0.717) is 5.56 Å². The lowest BCUT2D eigenvalue weighted by atomic mass is 9.97. The van der Waals surface area contributed by atoms with E-state index in [0.717, 1.165) is 27.9 Å². The summed E-state index contributed by atoms with van der Waals surface area (Å²) in [5.74, 6) is -3.98. The van der Waals surface area contributed by atoms with Crippen molar-refractivity contribution >= 4 is 35.5 Å². The van der Waals surface area contributed by atoms with Crippen molar-refractivity contribution in [1.29, 1.82) is 0 Å². The van der Waals surface area contributed by atoms with Gasteiger partial charge >= 0.3 is 23.9 Å². The molecule has 4 N–H and O–H groups in total. The minimum atomic E-state index is -1.65. The number of benzene rings is 1. The smallest absolute Gasteiger partial charge is 0.339 e. The average Bonchev–Trinajstić information content (AvgIpc) is 2.82. The molecular formula is C23H30N2O12. The monoisotopic (exact) mass is 526 g/mol. The fourth-order valence-electron chi connectivity index (χ4n) is 3.52. The number of hydrogen-bond acceptors (Lipinski definition) is 13. The highest BCUT2D eigenvalue weighted by atomic mass is 16.7. The van der Waals surface area contributed by atoms with Gasteiger partial charge in [0.2, 0.25) is 18.3 Å². The maximum atomic E-state index is 12.5. The second-order valence-corrected chi connectivity index (χ2v) is 7.86. The molecule has 204 valence electrons. The van der Waals surface area contributed by atoms with Crippen LogP contribution >= 0.6 is 0 Å². The summed E-state index contributed by atoms with van der Waals surface area (Å²) in [7, 11) is 1.06. The lowest BCUT2D eigenvalue weighted by molar-refractivity contribution is -0.282. The number of nitrogens with one attached hydrogen (secondary N) is 1. The van der Waals surface area contributed by atoms with Gasteiger partial charge in [-0.3, -0.25) is 19.2 Å². The molecule has 1 aromatic carbocycles. The molecule has 1 saturated heterocycles. The Bertz CT molecular complexity index is 1010. The van der Waals surface area contributed by atoms with Crippen molar-refractivity contribution in [3.8, 4) is 5.75 Å². The van der Waals surface area contributed by atoms with Gasteiger partial charge in [-0.15, -0.1) is 0 Å². The molecule has 0 unspecified atom stereocenters. The Morgan fingerprint density at radius 2 is 1.57 bits per heavy atom. The van der Waals surface area contributed by atoms with Crippen LogP contribution in [-0.2, 0) is 54.3 Å². The first-order chi connectivity index (χ1) is 17.5. The van der Waals surface area contributed by atoms with Crippen LogP contribution in [0.15, 0.2) is 18.2 Å². The summed E-state index contributed by atoms with van der Waals surface area (Å²) in [5.41, 5.74) is 5.96. The number of amides is 1. The molecule has 1 heterocycles. The molecule has 1 aromatic rings. The van der Waals surface area contributed by atoms with E-state index in [-0.39, 0.29) is 31.0 Å². The predicted octanol–water partition coefficient (Wildman–Crippen LogP) is -0.462. The molecule has 37 heavy (non-hydrogen) atoms. The zero-order valence-electron chi connectivity index (χ0n) is 20.8. The van der Waals surface area contributed by atoms with Crippen LogP contribution in [0.4, 0.5) is 5.69 Å². The third kappa shape index (κ3) is 8.13. The number of methoxy groups -OCH3 is 1. The van der Waals surface area contributed by atoms with Gasteiger partial charge in [0, 0.05) is 33.7 Å². The van der Waals surface area contributed by atoms with Crippen LogP contribution in [0.2, 0.25) is 0 Å². The van der Waals surface area contributed by atoms with Crippen molar-refractivity contribution in [2.75, 3.05) is 19.0 Å². The normalized spacial score (nSPS) is 22.8. The Morgan fingerprint density at radius 3 is 2.11 bits per heavy atom. The van der Waals surface area contributed by atoms with E-state index in [4.69, 9.17) is 34.2 Å². The molecule has 14 heteroatoms. The molecular weight excluding hydrogens is 496 g/mol. The fourth-order valence-corrected chi connectivity index (χ4v) is 3.52. The quantitative estimate of drug-likeness (QED) is 0.261. The second kappa shape index (κ2) is 13.5. The molecule has 0 aliphatic carbocycles. The summed E-state index contributed by atoms with van der Waals surface area (Å²) < 4.78 is 32.2. The van der Waals surface area contributed by atoms with Gasteiger partial charge in [-0.05, 0) is 17.7 Å². The van der Waals surface area contributed by atoms with Gasteiger partial charge in [0.15, 0.2) is 18.3 Å². The highest BCUT2D eigenvalue weighted by Gasteiger charge is 2.56. The van der Waals surface area contributed by atoms with Gasteiger partial charge in [0.25, 0.3) is 0 Å². The maximum Gasteiger partial charge on any atom is 0.339 e. The Morgan fingerprint density at radius 1 is 0.973 bits per heavy atom. The Hall–Kier alpha value is -3.75. The third-order valence-electron chi connectivity index (χ3n) is 4.95. The van der Waals surface area contributed by atoms with Crippen molar-refractivity contribution in [3.05, 3.63) is 23.8 Å². The molecule has 0 bridgehead atoms. The summed E-state index contributed by atoms with van der Waals surface area (Å²) in [4.78, 5) is 60.4. The molecule has 0 saturated carbocycles. The lowest BCUT2D eigenvalue weighted by Crippen LogP contribution is -2.64. The summed E-state index contributed by atoms with van der Waals surface area (Å²) in [5, 5.41) is 12.1. The number of aliphatic hydroxyl groups excluding tert-OH is 1. The van der Waals surface area contributed by atoms with Crippen LogP contribution < -0.4 is 15.8 Å². The first-order valence-corrected chi connectivity index (χ1v) is 11.2. The van der Waals surface area contributed by atoms with Crippen LogP contribution in [0.25, 0.3) is 0 Å². The largest absolute Gasteiger partial charge is 0.467 e. The molecule has 1 fully saturated rings. The number of nitrogens with two attached hydrogens (primary N) is 1. The van der Waals surface area contributed by atoms with Gasteiger partial charge in [0.05, 0.1) is 19.4 Å². The van der Waals surface area contributed by atoms with E-state index in [9.17, 15) is 29.1 Å². The summed E-state index contributed by atoms with van der Waals surface area (Å²) in [6.07, 6.45) is -7.91. The highest BCUT2D eigenvalue weighted by molar-refractivity contribution is 5.92. The molecule has 14 nitrogen and oxygen atoms in total. The second-order valence-electron chi connectivity index (χ2n) is 7.86. The summed E-state index contributed by atoms with van der Waals surface area (Å²) in [6.45, 7) is 2.92. The van der Waals surface area contributed by atoms with Gasteiger partial charge in [-0.25, -0.2) is 4.79 Å². The van der Waals surface area contributed by atoms with Crippen LogP contribution in [0.3, 0.4) is 0 Å². The first kappa shape index (κ1) is 29.5. The molecule has 1 amide bonds.